The molecule has 3 nitrogen and oxygen atoms in total. The van der Waals surface area contributed by atoms with E-state index in [1.165, 1.54) is 0 Å². The molecule has 1 N–H and O–H groups in total. The van der Waals surface area contributed by atoms with Crippen molar-refractivity contribution in [3.63, 3.8) is 0 Å². The number of hydroxylamine groups is 1. The van der Waals surface area contributed by atoms with Gasteiger partial charge in [0.1, 0.15) is 0 Å². The minimum absolute atomic E-state index is 0.349. The van der Waals surface area contributed by atoms with Gasteiger partial charge in [0, 0.05) is 18.6 Å². The Labute approximate surface area is 60.9 Å². The first kappa shape index (κ1) is 7.54. The lowest BCUT2D eigenvalue weighted by molar-refractivity contribution is -0.838. The van der Waals surface area contributed by atoms with Crippen molar-refractivity contribution in [2.75, 3.05) is 0 Å². The summed E-state index contributed by atoms with van der Waals surface area (Å²) < 4.78 is 6.57. The van der Waals surface area contributed by atoms with Crippen LogP contribution in [0.5, 0.6) is 0 Å². The Morgan fingerprint density at radius 3 is 1.90 bits per heavy atom. The van der Waals surface area contributed by atoms with Gasteiger partial charge in [-0.15, -0.1) is 0 Å². The van der Waals surface area contributed by atoms with E-state index >= 15 is 0 Å². The highest BCUT2D eigenvalue weighted by molar-refractivity contribution is 5.63. The molecule has 0 aromatic rings. The molecule has 0 saturated carbocycles. The summed E-state index contributed by atoms with van der Waals surface area (Å²) >= 11 is 0. The van der Waals surface area contributed by atoms with E-state index in [0.717, 1.165) is 4.74 Å². The summed E-state index contributed by atoms with van der Waals surface area (Å²) in [5.41, 5.74) is -0.929. The molecule has 0 aromatic carbocycles. The summed E-state index contributed by atoms with van der Waals surface area (Å²) in [5.74, 6) is 0. The molecule has 0 aliphatic carbocycles. The van der Waals surface area contributed by atoms with Crippen molar-refractivity contribution in [2.45, 2.75) is 39.0 Å². The Morgan fingerprint density at radius 1 is 1.30 bits per heavy atom. The molecule has 58 valence electrons. The lowest BCUT2D eigenvalue weighted by atomic mass is 10.2. The van der Waals surface area contributed by atoms with E-state index in [0.29, 0.717) is 0 Å². The molecule has 0 amide bonds. The number of rotatable bonds is 0. The quantitative estimate of drug-likeness (QED) is 0.406. The van der Waals surface area contributed by atoms with E-state index in [1.54, 1.807) is 6.21 Å². The smallest absolute Gasteiger partial charge is 0.299 e. The van der Waals surface area contributed by atoms with Gasteiger partial charge in [-0.05, 0) is 13.8 Å². The predicted octanol–water partition coefficient (Wildman–Crippen LogP) is 1.00. The van der Waals surface area contributed by atoms with Crippen LogP contribution < -0.4 is 0 Å². The number of nitrogens with zero attached hydrogens (tertiary/aromatic N) is 1. The van der Waals surface area contributed by atoms with Gasteiger partial charge in [0.25, 0.3) is 0 Å². The first-order valence-electron chi connectivity index (χ1n) is 3.38. The number of hydrogen-bond acceptors (Lipinski definition) is 2. The second kappa shape index (κ2) is 1.72. The normalized spacial score (nSPS) is 28.2. The molecule has 1 rings (SSSR count). The lowest BCUT2D eigenvalue weighted by Crippen LogP contribution is -2.34. The fraction of sp³-hybridized carbons (Fsp3) is 0.857. The zero-order valence-electron chi connectivity index (χ0n) is 6.88. The Balaban J connectivity index is 2.89. The summed E-state index contributed by atoms with van der Waals surface area (Å²) in [5, 5.41) is 9.25. The highest BCUT2D eigenvalue weighted by Crippen LogP contribution is 2.24. The maximum atomic E-state index is 9.25. The van der Waals surface area contributed by atoms with Crippen LogP contribution in [0.15, 0.2) is 0 Å². The maximum absolute atomic E-state index is 9.25. The topological polar surface area (TPSA) is 32.5 Å². The molecule has 0 spiro atoms. The van der Waals surface area contributed by atoms with Crippen molar-refractivity contribution in [3.05, 3.63) is 0 Å². The van der Waals surface area contributed by atoms with Gasteiger partial charge in [-0.1, -0.05) is 0 Å². The molecule has 1 heterocycles. The summed E-state index contributed by atoms with van der Waals surface area (Å²) in [4.78, 5) is 0. The molecule has 1 aliphatic rings. The third-order valence-corrected chi connectivity index (χ3v) is 1.50. The SMILES string of the molecule is CC1(C)C=[N+](O)C(C)(C)O1. The minimum Gasteiger partial charge on any atom is -0.299 e. The standard InChI is InChI=1S/C7H14NO2/c1-6(2)5-8(9)7(3,4)10-6/h5,9H,1-4H3/q+1. The molecule has 0 unspecified atom stereocenters. The first-order valence-corrected chi connectivity index (χ1v) is 3.38. The zero-order chi connectivity index (χ0) is 7.99. The number of hydrogen-bond donors (Lipinski definition) is 1. The van der Waals surface area contributed by atoms with Crippen molar-refractivity contribution < 1.29 is 14.7 Å². The summed E-state index contributed by atoms with van der Waals surface area (Å²) in [6, 6.07) is 0. The zero-order valence-corrected chi connectivity index (χ0v) is 6.88. The minimum atomic E-state index is -0.580. The Morgan fingerprint density at radius 2 is 1.80 bits per heavy atom. The first-order chi connectivity index (χ1) is 4.33. The van der Waals surface area contributed by atoms with E-state index in [-0.39, 0.29) is 5.60 Å². The van der Waals surface area contributed by atoms with Crippen LogP contribution in [0.3, 0.4) is 0 Å². The van der Waals surface area contributed by atoms with Crippen molar-refractivity contribution in [1.29, 1.82) is 0 Å². The summed E-state index contributed by atoms with van der Waals surface area (Å²) in [7, 11) is 0. The largest absolute Gasteiger partial charge is 0.309 e. The van der Waals surface area contributed by atoms with Crippen LogP contribution in [-0.4, -0.2) is 27.5 Å². The molecular formula is C7H14NO2+. The maximum Gasteiger partial charge on any atom is 0.309 e. The van der Waals surface area contributed by atoms with Gasteiger partial charge in [0.05, 0.1) is 0 Å². The average Bonchev–Trinajstić information content (AvgIpc) is 1.73. The molecule has 0 bridgehead atoms. The highest BCUT2D eigenvalue weighted by atomic mass is 16.6. The van der Waals surface area contributed by atoms with Crippen LogP contribution in [0.4, 0.5) is 0 Å². The molecule has 0 atom stereocenters. The van der Waals surface area contributed by atoms with E-state index in [4.69, 9.17) is 4.74 Å². The Kier molecular flexibility index (Phi) is 1.30. The fourth-order valence-electron chi connectivity index (χ4n) is 1.17. The van der Waals surface area contributed by atoms with Crippen molar-refractivity contribution >= 4 is 6.21 Å². The predicted molar refractivity (Wildman–Crippen MR) is 37.4 cm³/mol. The third-order valence-electron chi connectivity index (χ3n) is 1.50. The second-order valence-electron chi connectivity index (χ2n) is 3.63. The van der Waals surface area contributed by atoms with Crippen LogP contribution in [-0.2, 0) is 4.74 Å². The summed E-state index contributed by atoms with van der Waals surface area (Å²) in [6.45, 7) is 7.45. The Hall–Kier alpha value is -0.570. The van der Waals surface area contributed by atoms with Gasteiger partial charge in [-0.3, -0.25) is 9.94 Å². The lowest BCUT2D eigenvalue weighted by Gasteiger charge is -2.16. The van der Waals surface area contributed by atoms with Gasteiger partial charge in [0.2, 0.25) is 6.21 Å². The van der Waals surface area contributed by atoms with Crippen molar-refractivity contribution in [1.82, 2.24) is 0 Å². The monoisotopic (exact) mass is 144 g/mol. The van der Waals surface area contributed by atoms with E-state index < -0.39 is 5.72 Å². The average molecular weight is 144 g/mol. The van der Waals surface area contributed by atoms with Crippen molar-refractivity contribution in [2.24, 2.45) is 0 Å². The number of ether oxygens (including phenoxy) is 1. The molecule has 3 heteroatoms. The Bertz CT molecular complexity index is 182. The summed E-state index contributed by atoms with van der Waals surface area (Å²) in [6.07, 6.45) is 1.66. The van der Waals surface area contributed by atoms with Gasteiger partial charge in [-0.2, -0.15) is 0 Å². The molecule has 1 aliphatic heterocycles. The van der Waals surface area contributed by atoms with E-state index in [1.807, 2.05) is 27.7 Å². The third kappa shape index (κ3) is 1.14. The van der Waals surface area contributed by atoms with Gasteiger partial charge < -0.3 is 0 Å². The van der Waals surface area contributed by atoms with Crippen LogP contribution in [0.2, 0.25) is 0 Å². The van der Waals surface area contributed by atoms with Gasteiger partial charge in [0.15, 0.2) is 5.60 Å². The highest BCUT2D eigenvalue weighted by Gasteiger charge is 2.47. The molecule has 0 fully saturated rings. The van der Waals surface area contributed by atoms with E-state index in [9.17, 15) is 5.21 Å². The van der Waals surface area contributed by atoms with Crippen molar-refractivity contribution in [3.8, 4) is 0 Å². The molecule has 0 saturated heterocycles. The van der Waals surface area contributed by atoms with Gasteiger partial charge >= 0.3 is 5.72 Å². The fourth-order valence-corrected chi connectivity index (χ4v) is 1.17. The van der Waals surface area contributed by atoms with Crippen LogP contribution in [0.1, 0.15) is 27.7 Å². The molecule has 0 aromatic heterocycles. The van der Waals surface area contributed by atoms with Crippen LogP contribution >= 0.6 is 0 Å². The molecule has 0 radical (unpaired) electrons. The van der Waals surface area contributed by atoms with Crippen LogP contribution in [0, 0.1) is 0 Å². The van der Waals surface area contributed by atoms with Gasteiger partial charge in [-0.25, -0.2) is 0 Å². The van der Waals surface area contributed by atoms with Crippen LogP contribution in [0.25, 0.3) is 0 Å². The molecule has 10 heavy (non-hydrogen) atoms. The second-order valence-corrected chi connectivity index (χ2v) is 3.63. The molecular weight excluding hydrogens is 130 g/mol. The van der Waals surface area contributed by atoms with E-state index in [2.05, 4.69) is 0 Å².